The first-order valence-electron chi connectivity index (χ1n) is 7.18. The van der Waals surface area contributed by atoms with Gasteiger partial charge >= 0.3 is 5.97 Å². The highest BCUT2D eigenvalue weighted by Gasteiger charge is 2.20. The van der Waals surface area contributed by atoms with Gasteiger partial charge in [0.25, 0.3) is 0 Å². The Hall–Kier alpha value is -2.53. The van der Waals surface area contributed by atoms with Crippen LogP contribution in [0.2, 0.25) is 5.02 Å². The van der Waals surface area contributed by atoms with Gasteiger partial charge in [0, 0.05) is 16.5 Å². The van der Waals surface area contributed by atoms with E-state index in [0.29, 0.717) is 16.9 Å². The maximum atomic E-state index is 13.7. The summed E-state index contributed by atoms with van der Waals surface area (Å²) in [6.45, 7) is 1.47. The van der Waals surface area contributed by atoms with Crippen molar-refractivity contribution in [1.29, 1.82) is 0 Å². The third kappa shape index (κ3) is 2.95. The first-order chi connectivity index (χ1) is 11.5. The van der Waals surface area contributed by atoms with Gasteiger partial charge < -0.3 is 13.9 Å². The number of halogens is 2. The second kappa shape index (κ2) is 6.53. The molecule has 4 nitrogen and oxygen atoms in total. The van der Waals surface area contributed by atoms with E-state index in [1.54, 1.807) is 32.2 Å². The average Bonchev–Trinajstić information content (AvgIpc) is 2.90. The lowest BCUT2D eigenvalue weighted by atomic mass is 10.1. The molecule has 124 valence electrons. The largest absolute Gasteiger partial charge is 0.497 e. The first-order valence-corrected chi connectivity index (χ1v) is 7.56. The summed E-state index contributed by atoms with van der Waals surface area (Å²) in [5, 5.41) is 0.957. The Balaban J connectivity index is 1.85. The molecule has 3 aromatic rings. The number of furan rings is 1. The van der Waals surface area contributed by atoms with E-state index < -0.39 is 11.8 Å². The molecule has 1 aromatic heterocycles. The third-order valence-corrected chi connectivity index (χ3v) is 4.09. The van der Waals surface area contributed by atoms with Crippen LogP contribution in [0, 0.1) is 12.7 Å². The number of hydrogen-bond donors (Lipinski definition) is 0. The second-order valence-electron chi connectivity index (χ2n) is 5.19. The van der Waals surface area contributed by atoms with Gasteiger partial charge in [0.1, 0.15) is 23.8 Å². The van der Waals surface area contributed by atoms with Crippen molar-refractivity contribution in [1.82, 2.24) is 0 Å². The van der Waals surface area contributed by atoms with Crippen molar-refractivity contribution < 1.29 is 23.1 Å². The number of fused-ring (bicyclic) bond motifs is 1. The van der Waals surface area contributed by atoms with Crippen LogP contribution in [0.5, 0.6) is 5.75 Å². The molecule has 0 atom stereocenters. The van der Waals surface area contributed by atoms with Crippen LogP contribution < -0.4 is 4.74 Å². The van der Waals surface area contributed by atoms with E-state index in [2.05, 4.69) is 0 Å². The van der Waals surface area contributed by atoms with Crippen LogP contribution in [0.15, 0.2) is 40.8 Å². The molecule has 24 heavy (non-hydrogen) atoms. The van der Waals surface area contributed by atoms with Crippen LogP contribution in [0.1, 0.15) is 21.7 Å². The number of rotatable bonds is 4. The molecule has 0 radical (unpaired) electrons. The number of methoxy groups -OCH3 is 1. The van der Waals surface area contributed by atoms with Gasteiger partial charge in [0.05, 0.1) is 12.1 Å². The van der Waals surface area contributed by atoms with Crippen molar-refractivity contribution in [2.45, 2.75) is 13.5 Å². The van der Waals surface area contributed by atoms with Gasteiger partial charge in [-0.2, -0.15) is 0 Å². The molecule has 0 aliphatic heterocycles. The Morgan fingerprint density at radius 2 is 2.08 bits per heavy atom. The van der Waals surface area contributed by atoms with E-state index in [9.17, 15) is 9.18 Å². The minimum atomic E-state index is -0.679. The van der Waals surface area contributed by atoms with Crippen molar-refractivity contribution in [3.63, 3.8) is 0 Å². The van der Waals surface area contributed by atoms with Crippen molar-refractivity contribution in [2.75, 3.05) is 7.11 Å². The van der Waals surface area contributed by atoms with Gasteiger partial charge in [-0.1, -0.05) is 17.7 Å². The Morgan fingerprint density at radius 1 is 1.29 bits per heavy atom. The second-order valence-corrected chi connectivity index (χ2v) is 5.60. The lowest BCUT2D eigenvalue weighted by Crippen LogP contribution is -2.07. The fourth-order valence-electron chi connectivity index (χ4n) is 2.40. The average molecular weight is 349 g/mol. The molecular weight excluding hydrogens is 335 g/mol. The molecule has 6 heteroatoms. The fraction of sp³-hybridized carbons (Fsp3) is 0.167. The molecule has 0 aliphatic carbocycles. The Bertz CT molecular complexity index is 897. The highest BCUT2D eigenvalue weighted by atomic mass is 35.5. The number of benzene rings is 2. The molecule has 3 rings (SSSR count). The van der Waals surface area contributed by atoms with Gasteiger partial charge in [-0.15, -0.1) is 0 Å². The SMILES string of the molecule is COc1ccc2oc(C(=O)OCc3c(F)cccc3Cl)c(C)c2c1. The molecule has 1 heterocycles. The van der Waals surface area contributed by atoms with Gasteiger partial charge in [-0.05, 0) is 37.3 Å². The van der Waals surface area contributed by atoms with Crippen LogP contribution >= 0.6 is 11.6 Å². The Kier molecular flexibility index (Phi) is 4.44. The first kappa shape index (κ1) is 16.3. The van der Waals surface area contributed by atoms with E-state index in [1.165, 1.54) is 18.2 Å². The number of aryl methyl sites for hydroxylation is 1. The minimum Gasteiger partial charge on any atom is -0.497 e. The number of carbonyl (C=O) groups excluding carboxylic acids is 1. The highest BCUT2D eigenvalue weighted by Crippen LogP contribution is 2.29. The summed E-state index contributed by atoms with van der Waals surface area (Å²) in [7, 11) is 1.56. The molecule has 0 bridgehead atoms. The zero-order valence-electron chi connectivity index (χ0n) is 13.1. The normalized spacial score (nSPS) is 10.8. The molecule has 2 aromatic carbocycles. The summed E-state index contributed by atoms with van der Waals surface area (Å²) < 4.78 is 29.6. The molecular formula is C18H14ClFO4. The lowest BCUT2D eigenvalue weighted by Gasteiger charge is -2.06. The molecule has 0 unspecified atom stereocenters. The topological polar surface area (TPSA) is 48.7 Å². The summed E-state index contributed by atoms with van der Waals surface area (Å²) in [4.78, 5) is 12.3. The quantitative estimate of drug-likeness (QED) is 0.629. The monoisotopic (exact) mass is 348 g/mol. The van der Waals surface area contributed by atoms with E-state index >= 15 is 0 Å². The van der Waals surface area contributed by atoms with Crippen LogP contribution in [0.3, 0.4) is 0 Å². The van der Waals surface area contributed by atoms with E-state index in [1.807, 2.05) is 0 Å². The van der Waals surface area contributed by atoms with Gasteiger partial charge in [0.2, 0.25) is 5.76 Å². The standard InChI is InChI=1S/C18H14ClFO4/c1-10-12-8-11(22-2)6-7-16(12)24-17(10)18(21)23-9-13-14(19)4-3-5-15(13)20/h3-8H,9H2,1-2H3. The third-order valence-electron chi connectivity index (χ3n) is 3.74. The van der Waals surface area contributed by atoms with E-state index in [4.69, 9.17) is 25.5 Å². The molecule has 0 N–H and O–H groups in total. The maximum Gasteiger partial charge on any atom is 0.374 e. The van der Waals surface area contributed by atoms with E-state index in [-0.39, 0.29) is 23.0 Å². The lowest BCUT2D eigenvalue weighted by molar-refractivity contribution is 0.0434. The minimum absolute atomic E-state index is 0.0747. The maximum absolute atomic E-state index is 13.7. The fourth-order valence-corrected chi connectivity index (χ4v) is 2.61. The van der Waals surface area contributed by atoms with Gasteiger partial charge in [-0.25, -0.2) is 9.18 Å². The molecule has 0 amide bonds. The molecule has 0 fully saturated rings. The summed E-state index contributed by atoms with van der Waals surface area (Å²) >= 11 is 5.92. The van der Waals surface area contributed by atoms with Crippen LogP contribution in [0.25, 0.3) is 11.0 Å². The highest BCUT2D eigenvalue weighted by molar-refractivity contribution is 6.31. The number of hydrogen-bond acceptors (Lipinski definition) is 4. The van der Waals surface area contributed by atoms with E-state index in [0.717, 1.165) is 5.39 Å². The van der Waals surface area contributed by atoms with Crippen LogP contribution in [0.4, 0.5) is 4.39 Å². The summed E-state index contributed by atoms with van der Waals surface area (Å²) in [6.07, 6.45) is 0. The molecule has 0 saturated carbocycles. The Morgan fingerprint density at radius 3 is 2.79 bits per heavy atom. The van der Waals surface area contributed by atoms with Crippen molar-refractivity contribution in [2.24, 2.45) is 0 Å². The molecule has 0 saturated heterocycles. The van der Waals surface area contributed by atoms with Crippen molar-refractivity contribution >= 4 is 28.5 Å². The smallest absolute Gasteiger partial charge is 0.374 e. The van der Waals surface area contributed by atoms with Crippen LogP contribution in [-0.2, 0) is 11.3 Å². The number of ether oxygens (including phenoxy) is 2. The number of carbonyl (C=O) groups is 1. The zero-order chi connectivity index (χ0) is 17.3. The predicted molar refractivity (Wildman–Crippen MR) is 88.0 cm³/mol. The van der Waals surface area contributed by atoms with Crippen molar-refractivity contribution in [3.8, 4) is 5.75 Å². The van der Waals surface area contributed by atoms with Gasteiger partial charge in [-0.3, -0.25) is 0 Å². The molecule has 0 aliphatic rings. The summed E-state index contributed by atoms with van der Waals surface area (Å²) in [5.41, 5.74) is 1.31. The van der Waals surface area contributed by atoms with Gasteiger partial charge in [0.15, 0.2) is 0 Å². The Labute approximate surface area is 142 Å². The predicted octanol–water partition coefficient (Wildman–Crippen LogP) is 4.90. The zero-order valence-corrected chi connectivity index (χ0v) is 13.8. The molecule has 0 spiro atoms. The summed E-state index contributed by atoms with van der Waals surface area (Å²) in [6, 6.07) is 9.50. The van der Waals surface area contributed by atoms with Crippen molar-refractivity contribution in [3.05, 3.63) is 64.1 Å². The van der Waals surface area contributed by atoms with Crippen LogP contribution in [-0.4, -0.2) is 13.1 Å². The summed E-state index contributed by atoms with van der Waals surface area (Å²) in [5.74, 6) is -0.474. The number of esters is 1.